The minimum atomic E-state index is -0.650. The molecule has 3 rings (SSSR count). The molecule has 156 valence electrons. The third kappa shape index (κ3) is 4.37. The average molecular weight is 409 g/mol. The van der Waals surface area contributed by atoms with Crippen LogP contribution in [0.5, 0.6) is 0 Å². The van der Waals surface area contributed by atoms with E-state index in [1.165, 1.54) is 18.2 Å². The molecular weight excluding hydrogens is 386 g/mol. The molecule has 3 amide bonds. The second-order valence-electron chi connectivity index (χ2n) is 7.09. The Morgan fingerprint density at radius 3 is 2.53 bits per heavy atom. The quantitative estimate of drug-likeness (QED) is 0.292. The highest BCUT2D eigenvalue weighted by Crippen LogP contribution is 2.30. The fourth-order valence-electron chi connectivity index (χ4n) is 3.57. The third-order valence-electron chi connectivity index (χ3n) is 5.13. The van der Waals surface area contributed by atoms with E-state index in [9.17, 15) is 24.5 Å². The first-order valence-corrected chi connectivity index (χ1v) is 9.95. The Hall–Kier alpha value is -3.55. The lowest BCUT2D eigenvalue weighted by molar-refractivity contribution is -0.385. The zero-order valence-corrected chi connectivity index (χ0v) is 16.7. The number of aryl methyl sites for hydroxylation is 1. The number of imide groups is 1. The Labute approximate surface area is 174 Å². The van der Waals surface area contributed by atoms with Crippen molar-refractivity contribution in [3.8, 4) is 0 Å². The molecule has 0 bridgehead atoms. The third-order valence-corrected chi connectivity index (χ3v) is 5.13. The van der Waals surface area contributed by atoms with Crippen molar-refractivity contribution in [1.82, 2.24) is 4.90 Å². The predicted molar refractivity (Wildman–Crippen MR) is 111 cm³/mol. The summed E-state index contributed by atoms with van der Waals surface area (Å²) in [5, 5.41) is 14.1. The van der Waals surface area contributed by atoms with Crippen molar-refractivity contribution in [2.75, 3.05) is 11.9 Å². The number of unbranched alkanes of at least 4 members (excludes halogenated alkanes) is 2. The van der Waals surface area contributed by atoms with E-state index < -0.39 is 16.7 Å². The summed E-state index contributed by atoms with van der Waals surface area (Å²) in [4.78, 5) is 48.6. The number of carbonyl (C=O) groups excluding carboxylic acids is 3. The summed E-state index contributed by atoms with van der Waals surface area (Å²) >= 11 is 0. The number of anilines is 1. The van der Waals surface area contributed by atoms with Gasteiger partial charge in [-0.2, -0.15) is 0 Å². The van der Waals surface area contributed by atoms with E-state index in [0.717, 1.165) is 22.6 Å². The molecule has 0 unspecified atom stereocenters. The van der Waals surface area contributed by atoms with Gasteiger partial charge in [0, 0.05) is 24.7 Å². The monoisotopic (exact) mass is 409 g/mol. The number of rotatable bonds is 9. The molecule has 1 aliphatic heterocycles. The molecule has 1 aliphatic rings. The maximum Gasteiger partial charge on any atom is 0.282 e. The van der Waals surface area contributed by atoms with E-state index in [1.54, 1.807) is 0 Å². The molecule has 0 saturated heterocycles. The van der Waals surface area contributed by atoms with Crippen molar-refractivity contribution in [1.29, 1.82) is 0 Å². The molecule has 1 N–H and O–H groups in total. The number of para-hydroxylation sites is 1. The van der Waals surface area contributed by atoms with Crippen LogP contribution in [0.3, 0.4) is 0 Å². The van der Waals surface area contributed by atoms with Crippen molar-refractivity contribution in [3.63, 3.8) is 0 Å². The molecule has 2 aromatic rings. The number of nitro benzene ring substituents is 1. The molecule has 30 heavy (non-hydrogen) atoms. The fraction of sp³-hybridized carbons (Fsp3) is 0.318. The van der Waals surface area contributed by atoms with Crippen molar-refractivity contribution < 1.29 is 19.3 Å². The molecule has 8 heteroatoms. The number of amides is 3. The van der Waals surface area contributed by atoms with Gasteiger partial charge in [-0.05, 0) is 37.0 Å². The first-order valence-electron chi connectivity index (χ1n) is 9.95. The fourth-order valence-corrected chi connectivity index (χ4v) is 3.57. The molecule has 0 radical (unpaired) electrons. The van der Waals surface area contributed by atoms with Gasteiger partial charge in [-0.3, -0.25) is 29.4 Å². The summed E-state index contributed by atoms with van der Waals surface area (Å²) in [5.74, 6) is -1.21. The summed E-state index contributed by atoms with van der Waals surface area (Å²) in [6.45, 7) is 2.20. The maximum atomic E-state index is 12.5. The average Bonchev–Trinajstić information content (AvgIpc) is 2.98. The maximum absolute atomic E-state index is 12.5. The van der Waals surface area contributed by atoms with E-state index in [4.69, 9.17) is 0 Å². The molecule has 0 aliphatic carbocycles. The van der Waals surface area contributed by atoms with Crippen molar-refractivity contribution in [2.45, 2.75) is 39.0 Å². The van der Waals surface area contributed by atoms with Crippen LogP contribution >= 0.6 is 0 Å². The van der Waals surface area contributed by atoms with Gasteiger partial charge in [-0.25, -0.2) is 0 Å². The number of nitrogens with one attached hydrogen (secondary N) is 1. The number of nitro groups is 1. The molecule has 1 heterocycles. The van der Waals surface area contributed by atoms with Crippen LogP contribution in [-0.4, -0.2) is 34.1 Å². The Morgan fingerprint density at radius 1 is 1.03 bits per heavy atom. The SMILES string of the molecule is CCc1ccccc1NC(=O)CCCCCN1C(=O)c2cccc([N+](=O)[O-])c2C1=O. The molecule has 0 aromatic heterocycles. The zero-order chi connectivity index (χ0) is 21.7. The van der Waals surface area contributed by atoms with Crippen LogP contribution in [0.15, 0.2) is 42.5 Å². The van der Waals surface area contributed by atoms with Gasteiger partial charge in [0.2, 0.25) is 5.91 Å². The van der Waals surface area contributed by atoms with Crippen LogP contribution in [0.4, 0.5) is 11.4 Å². The van der Waals surface area contributed by atoms with Gasteiger partial charge in [0.25, 0.3) is 17.5 Å². The Morgan fingerprint density at radius 2 is 1.80 bits per heavy atom. The first kappa shape index (κ1) is 21.2. The molecule has 0 saturated carbocycles. The Balaban J connectivity index is 1.48. The van der Waals surface area contributed by atoms with E-state index in [0.29, 0.717) is 25.7 Å². The smallest absolute Gasteiger partial charge is 0.282 e. The summed E-state index contributed by atoms with van der Waals surface area (Å²) in [7, 11) is 0. The van der Waals surface area contributed by atoms with Crippen LogP contribution in [0, 0.1) is 10.1 Å². The summed E-state index contributed by atoms with van der Waals surface area (Å²) in [6.07, 6.45) is 2.96. The highest BCUT2D eigenvalue weighted by Gasteiger charge is 2.40. The normalized spacial score (nSPS) is 12.8. The number of nitrogens with zero attached hydrogens (tertiary/aromatic N) is 2. The molecule has 0 atom stereocenters. The van der Waals surface area contributed by atoms with Gasteiger partial charge in [0.15, 0.2) is 0 Å². The van der Waals surface area contributed by atoms with Gasteiger partial charge in [0.05, 0.1) is 10.5 Å². The van der Waals surface area contributed by atoms with Gasteiger partial charge < -0.3 is 5.32 Å². The van der Waals surface area contributed by atoms with Crippen molar-refractivity contribution in [3.05, 3.63) is 69.3 Å². The summed E-state index contributed by atoms with van der Waals surface area (Å²) in [5.41, 5.74) is 1.48. The lowest BCUT2D eigenvalue weighted by Gasteiger charge is -2.13. The summed E-state index contributed by atoms with van der Waals surface area (Å²) < 4.78 is 0. The van der Waals surface area contributed by atoms with E-state index in [1.807, 2.05) is 31.2 Å². The Bertz CT molecular complexity index is 1000. The van der Waals surface area contributed by atoms with Crippen LogP contribution < -0.4 is 5.32 Å². The minimum Gasteiger partial charge on any atom is -0.326 e. The van der Waals surface area contributed by atoms with Crippen molar-refractivity contribution >= 4 is 29.1 Å². The van der Waals surface area contributed by atoms with Gasteiger partial charge >= 0.3 is 0 Å². The molecule has 0 fully saturated rings. The summed E-state index contributed by atoms with van der Waals surface area (Å²) in [6, 6.07) is 11.7. The molecule has 2 aromatic carbocycles. The zero-order valence-electron chi connectivity index (χ0n) is 16.7. The van der Waals surface area contributed by atoms with E-state index in [2.05, 4.69) is 5.32 Å². The topological polar surface area (TPSA) is 110 Å². The standard InChI is InChI=1S/C22H23N3O5/c1-2-15-9-5-6-11-17(15)23-19(26)13-4-3-7-14-24-21(27)16-10-8-12-18(25(29)30)20(16)22(24)28/h5-6,8-12H,2-4,7,13-14H2,1H3,(H,23,26). The van der Waals surface area contributed by atoms with E-state index in [-0.39, 0.29) is 29.3 Å². The molecular formula is C22H23N3O5. The number of hydrogen-bond donors (Lipinski definition) is 1. The second kappa shape index (κ2) is 9.30. The largest absolute Gasteiger partial charge is 0.326 e. The lowest BCUT2D eigenvalue weighted by Crippen LogP contribution is -2.30. The van der Waals surface area contributed by atoms with E-state index >= 15 is 0 Å². The van der Waals surface area contributed by atoms with Gasteiger partial charge in [-0.15, -0.1) is 0 Å². The number of benzene rings is 2. The van der Waals surface area contributed by atoms with Gasteiger partial charge in [-0.1, -0.05) is 37.6 Å². The number of carbonyl (C=O) groups is 3. The Kier molecular flexibility index (Phi) is 6.56. The van der Waals surface area contributed by atoms with Crippen LogP contribution in [0.1, 0.15) is 58.9 Å². The highest BCUT2D eigenvalue weighted by atomic mass is 16.6. The number of fused-ring (bicyclic) bond motifs is 1. The van der Waals surface area contributed by atoms with Crippen molar-refractivity contribution in [2.24, 2.45) is 0 Å². The van der Waals surface area contributed by atoms with Crippen LogP contribution in [0.25, 0.3) is 0 Å². The van der Waals surface area contributed by atoms with Crippen LogP contribution in [0.2, 0.25) is 0 Å². The molecule has 8 nitrogen and oxygen atoms in total. The van der Waals surface area contributed by atoms with Crippen LogP contribution in [-0.2, 0) is 11.2 Å². The second-order valence-corrected chi connectivity index (χ2v) is 7.09. The first-order chi connectivity index (χ1) is 14.4. The van der Waals surface area contributed by atoms with Gasteiger partial charge in [0.1, 0.15) is 5.56 Å². The predicted octanol–water partition coefficient (Wildman–Crippen LogP) is 3.95. The number of hydrogen-bond acceptors (Lipinski definition) is 5. The molecule has 0 spiro atoms. The minimum absolute atomic E-state index is 0.0724. The lowest BCUT2D eigenvalue weighted by atomic mass is 10.1. The highest BCUT2D eigenvalue weighted by molar-refractivity contribution is 6.23.